The van der Waals surface area contributed by atoms with Crippen LogP contribution in [0.25, 0.3) is 0 Å². The van der Waals surface area contributed by atoms with Gasteiger partial charge in [-0.05, 0) is 41.8 Å². The molecule has 1 heterocycles. The first-order valence-electron chi connectivity index (χ1n) is 6.45. The molecule has 1 aliphatic heterocycles. The number of hydrogen-bond donors (Lipinski definition) is 1. The van der Waals surface area contributed by atoms with Crippen molar-refractivity contribution in [3.05, 3.63) is 62.9 Å². The molecule has 0 saturated heterocycles. The van der Waals surface area contributed by atoms with Gasteiger partial charge < -0.3 is 9.84 Å². The number of fused-ring (bicyclic) bond motifs is 1. The van der Waals surface area contributed by atoms with Crippen LogP contribution >= 0.6 is 15.9 Å². The third kappa shape index (κ3) is 2.34. The minimum absolute atomic E-state index is 0.267. The van der Waals surface area contributed by atoms with Crippen molar-refractivity contribution in [1.82, 2.24) is 0 Å². The molecule has 0 radical (unpaired) electrons. The quantitative estimate of drug-likeness (QED) is 0.900. The van der Waals surface area contributed by atoms with Crippen LogP contribution in [0.15, 0.2) is 34.8 Å². The average molecular weight is 337 g/mol. The molecule has 1 unspecified atom stereocenters. The van der Waals surface area contributed by atoms with Crippen molar-refractivity contribution >= 4 is 15.9 Å². The molecule has 0 aromatic heterocycles. The van der Waals surface area contributed by atoms with E-state index in [4.69, 9.17) is 4.74 Å². The molecular weight excluding hydrogens is 323 g/mol. The maximum atomic E-state index is 13.3. The van der Waals surface area contributed by atoms with Gasteiger partial charge in [-0.25, -0.2) is 4.39 Å². The Morgan fingerprint density at radius 2 is 2.10 bits per heavy atom. The Bertz CT molecular complexity index is 670. The molecular formula is C16H14BrFO2. The Morgan fingerprint density at radius 3 is 2.85 bits per heavy atom. The first-order valence-corrected chi connectivity index (χ1v) is 7.25. The second kappa shape index (κ2) is 5.19. The summed E-state index contributed by atoms with van der Waals surface area (Å²) in [6.07, 6.45) is 0.0235. The zero-order valence-corrected chi connectivity index (χ0v) is 12.6. The molecule has 1 N–H and O–H groups in total. The van der Waals surface area contributed by atoms with Gasteiger partial charge in [0.1, 0.15) is 17.7 Å². The van der Waals surface area contributed by atoms with Gasteiger partial charge in [0.2, 0.25) is 0 Å². The molecule has 4 heteroatoms. The van der Waals surface area contributed by atoms with Crippen LogP contribution < -0.4 is 4.74 Å². The zero-order chi connectivity index (χ0) is 14.3. The fraction of sp³-hybridized carbons (Fsp3) is 0.250. The summed E-state index contributed by atoms with van der Waals surface area (Å²) in [5.41, 5.74) is 3.00. The molecule has 0 amide bonds. The van der Waals surface area contributed by atoms with Gasteiger partial charge in [-0.15, -0.1) is 0 Å². The summed E-state index contributed by atoms with van der Waals surface area (Å²) in [7, 11) is 0. The first kappa shape index (κ1) is 13.6. The Hall–Kier alpha value is -1.39. The van der Waals surface area contributed by atoms with Crippen molar-refractivity contribution in [1.29, 1.82) is 0 Å². The lowest BCUT2D eigenvalue weighted by Crippen LogP contribution is -2.03. The lowest BCUT2D eigenvalue weighted by Gasteiger charge is -2.16. The summed E-state index contributed by atoms with van der Waals surface area (Å²) < 4.78 is 19.9. The maximum absolute atomic E-state index is 13.3. The number of aliphatic hydroxyl groups excluding tert-OH is 1. The largest absolute Gasteiger partial charge is 0.493 e. The second-order valence-corrected chi connectivity index (χ2v) is 5.91. The van der Waals surface area contributed by atoms with E-state index in [0.29, 0.717) is 17.7 Å². The van der Waals surface area contributed by atoms with Crippen molar-refractivity contribution < 1.29 is 14.2 Å². The number of rotatable bonds is 2. The summed E-state index contributed by atoms with van der Waals surface area (Å²) in [6.45, 7) is 2.32. The number of halogens is 2. The molecule has 0 aliphatic carbocycles. The molecule has 0 bridgehead atoms. The topological polar surface area (TPSA) is 29.5 Å². The molecule has 1 aliphatic rings. The predicted octanol–water partition coefficient (Wildman–Crippen LogP) is 3.91. The minimum atomic E-state index is -0.821. The van der Waals surface area contributed by atoms with Gasteiger partial charge in [0.25, 0.3) is 0 Å². The van der Waals surface area contributed by atoms with E-state index in [0.717, 1.165) is 27.8 Å². The summed E-state index contributed by atoms with van der Waals surface area (Å²) >= 11 is 3.46. The summed E-state index contributed by atoms with van der Waals surface area (Å²) in [4.78, 5) is 0. The van der Waals surface area contributed by atoms with E-state index in [-0.39, 0.29) is 5.82 Å². The Labute approximate surface area is 125 Å². The fourth-order valence-electron chi connectivity index (χ4n) is 2.52. The van der Waals surface area contributed by atoms with Gasteiger partial charge in [-0.3, -0.25) is 0 Å². The molecule has 2 aromatic rings. The molecule has 0 saturated carbocycles. The molecule has 0 spiro atoms. The molecule has 0 fully saturated rings. The Morgan fingerprint density at radius 1 is 1.30 bits per heavy atom. The predicted molar refractivity (Wildman–Crippen MR) is 78.5 cm³/mol. The summed E-state index contributed by atoms with van der Waals surface area (Å²) in [6, 6.07) is 8.52. The lowest BCUT2D eigenvalue weighted by molar-refractivity contribution is 0.213. The number of ether oxygens (including phenoxy) is 1. The molecule has 2 nitrogen and oxygen atoms in total. The van der Waals surface area contributed by atoms with E-state index >= 15 is 0 Å². The SMILES string of the molecule is Cc1cc(C(O)c2cc(Br)cc3c2OCC3)ccc1F. The smallest absolute Gasteiger partial charge is 0.128 e. The van der Waals surface area contributed by atoms with Crippen LogP contribution in [-0.2, 0) is 6.42 Å². The monoisotopic (exact) mass is 336 g/mol. The van der Waals surface area contributed by atoms with Crippen LogP contribution in [0.4, 0.5) is 4.39 Å². The molecule has 1 atom stereocenters. The first-order chi connectivity index (χ1) is 9.56. The number of benzene rings is 2. The lowest BCUT2D eigenvalue weighted by atomic mass is 9.97. The molecule has 20 heavy (non-hydrogen) atoms. The number of hydrogen-bond acceptors (Lipinski definition) is 2. The third-order valence-electron chi connectivity index (χ3n) is 3.57. The third-order valence-corrected chi connectivity index (χ3v) is 4.03. The van der Waals surface area contributed by atoms with Crippen LogP contribution in [0.2, 0.25) is 0 Å². The summed E-state index contributed by atoms with van der Waals surface area (Å²) in [5.74, 6) is 0.486. The standard InChI is InChI=1S/C16H14BrFO2/c1-9-6-10(2-3-14(9)18)15(19)13-8-12(17)7-11-4-5-20-16(11)13/h2-3,6-8,15,19H,4-5H2,1H3. The van der Waals surface area contributed by atoms with Crippen LogP contribution in [0.1, 0.15) is 28.4 Å². The maximum Gasteiger partial charge on any atom is 0.128 e. The van der Waals surface area contributed by atoms with Gasteiger partial charge in [-0.2, -0.15) is 0 Å². The van der Waals surface area contributed by atoms with E-state index in [9.17, 15) is 9.50 Å². The normalized spacial score (nSPS) is 14.8. The summed E-state index contributed by atoms with van der Waals surface area (Å²) in [5, 5.41) is 10.6. The highest BCUT2D eigenvalue weighted by Gasteiger charge is 2.23. The second-order valence-electron chi connectivity index (χ2n) is 4.99. The van der Waals surface area contributed by atoms with Crippen molar-refractivity contribution in [3.8, 4) is 5.75 Å². The zero-order valence-electron chi connectivity index (χ0n) is 11.0. The van der Waals surface area contributed by atoms with E-state index in [1.54, 1.807) is 19.1 Å². The highest BCUT2D eigenvalue weighted by Crippen LogP contribution is 2.38. The molecule has 104 valence electrons. The Balaban J connectivity index is 2.06. The highest BCUT2D eigenvalue weighted by molar-refractivity contribution is 9.10. The van der Waals surface area contributed by atoms with Crippen LogP contribution in [0, 0.1) is 12.7 Å². The van der Waals surface area contributed by atoms with Gasteiger partial charge in [0.05, 0.1) is 6.61 Å². The van der Waals surface area contributed by atoms with Gasteiger partial charge in [-0.1, -0.05) is 28.1 Å². The van der Waals surface area contributed by atoms with Crippen molar-refractivity contribution in [2.75, 3.05) is 6.61 Å². The molecule has 2 aromatic carbocycles. The van der Waals surface area contributed by atoms with Crippen LogP contribution in [-0.4, -0.2) is 11.7 Å². The van der Waals surface area contributed by atoms with E-state index in [1.807, 2.05) is 12.1 Å². The average Bonchev–Trinajstić information content (AvgIpc) is 2.88. The van der Waals surface area contributed by atoms with Crippen molar-refractivity contribution in [2.24, 2.45) is 0 Å². The minimum Gasteiger partial charge on any atom is -0.493 e. The van der Waals surface area contributed by atoms with Crippen molar-refractivity contribution in [2.45, 2.75) is 19.4 Å². The highest BCUT2D eigenvalue weighted by atomic mass is 79.9. The van der Waals surface area contributed by atoms with Gasteiger partial charge >= 0.3 is 0 Å². The van der Waals surface area contributed by atoms with E-state index in [2.05, 4.69) is 15.9 Å². The van der Waals surface area contributed by atoms with Crippen molar-refractivity contribution in [3.63, 3.8) is 0 Å². The van der Waals surface area contributed by atoms with Gasteiger partial charge in [0.15, 0.2) is 0 Å². The fourth-order valence-corrected chi connectivity index (χ4v) is 3.04. The van der Waals surface area contributed by atoms with E-state index in [1.165, 1.54) is 6.07 Å². The number of aryl methyl sites for hydroxylation is 1. The number of aliphatic hydroxyl groups is 1. The van der Waals surface area contributed by atoms with Crippen LogP contribution in [0.5, 0.6) is 5.75 Å². The molecule has 3 rings (SSSR count). The Kier molecular flexibility index (Phi) is 3.52. The van der Waals surface area contributed by atoms with Gasteiger partial charge in [0, 0.05) is 16.5 Å². The van der Waals surface area contributed by atoms with E-state index < -0.39 is 6.10 Å². The van der Waals surface area contributed by atoms with Crippen LogP contribution in [0.3, 0.4) is 0 Å².